The van der Waals surface area contributed by atoms with Crippen molar-refractivity contribution in [3.8, 4) is 5.75 Å². The second-order valence-corrected chi connectivity index (χ2v) is 4.73. The van der Waals surface area contributed by atoms with Crippen LogP contribution in [-0.2, 0) is 6.42 Å². The monoisotopic (exact) mass is 254 g/mol. The van der Waals surface area contributed by atoms with E-state index in [0.29, 0.717) is 23.4 Å². The third kappa shape index (κ3) is 2.10. The van der Waals surface area contributed by atoms with Gasteiger partial charge in [-0.1, -0.05) is 0 Å². The predicted molar refractivity (Wildman–Crippen MR) is 70.6 cm³/mol. The summed E-state index contributed by atoms with van der Waals surface area (Å²) in [6, 6.07) is 7.38. The molecule has 0 N–H and O–H groups in total. The Bertz CT molecular complexity index is 665. The van der Waals surface area contributed by atoms with Crippen molar-refractivity contribution in [2.24, 2.45) is 0 Å². The van der Waals surface area contributed by atoms with E-state index in [9.17, 15) is 4.79 Å². The minimum absolute atomic E-state index is 0.00907. The summed E-state index contributed by atoms with van der Waals surface area (Å²) in [6.07, 6.45) is 0.864. The molecular formula is C15H14N2O2. The number of hydrogen-bond acceptors (Lipinski definition) is 4. The number of rotatable bonds is 2. The topological polar surface area (TPSA) is 52.1 Å². The Hall–Kier alpha value is -2.23. The summed E-state index contributed by atoms with van der Waals surface area (Å²) in [7, 11) is 0. The quantitative estimate of drug-likeness (QED) is 0.771. The molecule has 2 aromatic rings. The lowest BCUT2D eigenvalue weighted by molar-refractivity contribution is 0.103. The summed E-state index contributed by atoms with van der Waals surface area (Å²) < 4.78 is 5.45. The van der Waals surface area contributed by atoms with E-state index >= 15 is 0 Å². The molecule has 0 saturated carbocycles. The molecule has 0 fully saturated rings. The molecule has 0 spiro atoms. The van der Waals surface area contributed by atoms with E-state index in [1.165, 1.54) is 0 Å². The first kappa shape index (κ1) is 11.8. The maximum Gasteiger partial charge on any atom is 0.194 e. The molecule has 0 saturated heterocycles. The highest BCUT2D eigenvalue weighted by atomic mass is 16.5. The van der Waals surface area contributed by atoms with E-state index in [0.717, 1.165) is 23.4 Å². The van der Waals surface area contributed by atoms with E-state index in [1.807, 2.05) is 25.1 Å². The van der Waals surface area contributed by atoms with Gasteiger partial charge in [-0.15, -0.1) is 0 Å². The zero-order valence-corrected chi connectivity index (χ0v) is 10.9. The first-order valence-electron chi connectivity index (χ1n) is 6.26. The maximum atomic E-state index is 12.5. The highest BCUT2D eigenvalue weighted by Gasteiger charge is 2.18. The van der Waals surface area contributed by atoms with Crippen LogP contribution in [0.5, 0.6) is 5.75 Å². The first-order valence-corrected chi connectivity index (χ1v) is 6.26. The molecule has 1 aliphatic rings. The maximum absolute atomic E-state index is 12.5. The Morgan fingerprint density at radius 3 is 2.89 bits per heavy atom. The second kappa shape index (κ2) is 4.46. The molecule has 0 atom stereocenters. The molecule has 0 radical (unpaired) electrons. The average Bonchev–Trinajstić information content (AvgIpc) is 2.88. The van der Waals surface area contributed by atoms with E-state index in [2.05, 4.69) is 10.2 Å². The normalized spacial score (nSPS) is 12.9. The molecule has 19 heavy (non-hydrogen) atoms. The Morgan fingerprint density at radius 1 is 1.21 bits per heavy atom. The smallest absolute Gasteiger partial charge is 0.194 e. The molecule has 1 aromatic carbocycles. The number of carbonyl (C=O) groups excluding carboxylic acids is 1. The predicted octanol–water partition coefficient (Wildman–Crippen LogP) is 2.26. The summed E-state index contributed by atoms with van der Waals surface area (Å²) in [4.78, 5) is 12.5. The summed E-state index contributed by atoms with van der Waals surface area (Å²) in [6.45, 7) is 4.33. The lowest BCUT2D eigenvalue weighted by atomic mass is 9.99. The van der Waals surface area contributed by atoms with Gasteiger partial charge >= 0.3 is 0 Å². The number of aromatic nitrogens is 2. The number of ketones is 1. The molecule has 2 heterocycles. The van der Waals surface area contributed by atoms with E-state index in [4.69, 9.17) is 4.74 Å². The van der Waals surface area contributed by atoms with Crippen molar-refractivity contribution >= 4 is 5.78 Å². The van der Waals surface area contributed by atoms with Crippen LogP contribution in [0.15, 0.2) is 24.3 Å². The summed E-state index contributed by atoms with van der Waals surface area (Å²) in [5, 5.41) is 7.95. The van der Waals surface area contributed by atoms with Crippen molar-refractivity contribution in [3.63, 3.8) is 0 Å². The summed E-state index contributed by atoms with van der Waals surface area (Å²) in [5.41, 5.74) is 3.80. The van der Waals surface area contributed by atoms with Gasteiger partial charge in [0.2, 0.25) is 0 Å². The van der Waals surface area contributed by atoms with Gasteiger partial charge in [-0.25, -0.2) is 0 Å². The molecule has 0 aliphatic carbocycles. The van der Waals surface area contributed by atoms with E-state index in [1.54, 1.807) is 13.0 Å². The van der Waals surface area contributed by atoms with Gasteiger partial charge in [0.15, 0.2) is 5.78 Å². The zero-order valence-electron chi connectivity index (χ0n) is 10.9. The highest BCUT2D eigenvalue weighted by molar-refractivity contribution is 6.09. The van der Waals surface area contributed by atoms with Crippen LogP contribution in [0.25, 0.3) is 0 Å². The number of hydrogen-bond donors (Lipinski definition) is 0. The van der Waals surface area contributed by atoms with Crippen LogP contribution in [0.2, 0.25) is 0 Å². The molecule has 4 heteroatoms. The van der Waals surface area contributed by atoms with Crippen molar-refractivity contribution in [2.75, 3.05) is 6.61 Å². The van der Waals surface area contributed by atoms with Crippen LogP contribution >= 0.6 is 0 Å². The van der Waals surface area contributed by atoms with Gasteiger partial charge in [0.1, 0.15) is 5.75 Å². The van der Waals surface area contributed by atoms with E-state index in [-0.39, 0.29) is 5.78 Å². The van der Waals surface area contributed by atoms with Gasteiger partial charge in [0.05, 0.1) is 18.0 Å². The number of benzene rings is 1. The van der Waals surface area contributed by atoms with E-state index < -0.39 is 0 Å². The van der Waals surface area contributed by atoms with Crippen LogP contribution in [-0.4, -0.2) is 22.6 Å². The van der Waals surface area contributed by atoms with Gasteiger partial charge in [-0.2, -0.15) is 10.2 Å². The van der Waals surface area contributed by atoms with Gasteiger partial charge in [0.25, 0.3) is 0 Å². The number of aryl methyl sites for hydroxylation is 2. The van der Waals surface area contributed by atoms with Gasteiger partial charge in [-0.05, 0) is 43.7 Å². The fraction of sp³-hybridized carbons (Fsp3) is 0.267. The molecule has 1 aliphatic heterocycles. The minimum atomic E-state index is -0.00907. The molecule has 3 rings (SSSR count). The minimum Gasteiger partial charge on any atom is -0.493 e. The first-order chi connectivity index (χ1) is 9.15. The van der Waals surface area contributed by atoms with Crippen LogP contribution in [0.1, 0.15) is 32.9 Å². The lowest BCUT2D eigenvalue weighted by Gasteiger charge is -2.06. The molecule has 1 aromatic heterocycles. The molecule has 0 unspecified atom stereocenters. The number of ether oxygens (including phenoxy) is 1. The SMILES string of the molecule is Cc1cc(C(=O)c2ccc3c(c2)CCO3)c(C)nn1. The number of carbonyl (C=O) groups is 1. The van der Waals surface area contributed by atoms with Gasteiger partial charge in [0, 0.05) is 17.5 Å². The Labute approximate surface area is 111 Å². The standard InChI is InChI=1S/C15H14N2O2/c1-9-7-13(10(2)17-16-9)15(18)12-3-4-14-11(8-12)5-6-19-14/h3-4,7-8H,5-6H2,1-2H3. The zero-order chi connectivity index (χ0) is 13.4. The molecule has 96 valence electrons. The van der Waals surface area contributed by atoms with Crippen LogP contribution in [0.3, 0.4) is 0 Å². The van der Waals surface area contributed by atoms with Crippen molar-refractivity contribution in [3.05, 3.63) is 52.3 Å². The average molecular weight is 254 g/mol. The summed E-state index contributed by atoms with van der Waals surface area (Å²) >= 11 is 0. The van der Waals surface area contributed by atoms with Gasteiger partial charge < -0.3 is 4.74 Å². The molecule has 0 amide bonds. The third-order valence-electron chi connectivity index (χ3n) is 3.30. The van der Waals surface area contributed by atoms with Crippen molar-refractivity contribution in [1.82, 2.24) is 10.2 Å². The molecule has 0 bridgehead atoms. The Morgan fingerprint density at radius 2 is 2.05 bits per heavy atom. The largest absolute Gasteiger partial charge is 0.493 e. The fourth-order valence-electron chi connectivity index (χ4n) is 2.26. The second-order valence-electron chi connectivity index (χ2n) is 4.73. The van der Waals surface area contributed by atoms with Crippen LogP contribution < -0.4 is 4.74 Å². The molecular weight excluding hydrogens is 240 g/mol. The van der Waals surface area contributed by atoms with Crippen LogP contribution in [0, 0.1) is 13.8 Å². The lowest BCUT2D eigenvalue weighted by Crippen LogP contribution is -2.07. The molecule has 4 nitrogen and oxygen atoms in total. The van der Waals surface area contributed by atoms with Crippen molar-refractivity contribution < 1.29 is 9.53 Å². The summed E-state index contributed by atoms with van der Waals surface area (Å²) in [5.74, 6) is 0.877. The highest BCUT2D eigenvalue weighted by Crippen LogP contribution is 2.27. The third-order valence-corrected chi connectivity index (χ3v) is 3.30. The van der Waals surface area contributed by atoms with Crippen LogP contribution in [0.4, 0.5) is 0 Å². The Kier molecular flexibility index (Phi) is 2.78. The van der Waals surface area contributed by atoms with Crippen molar-refractivity contribution in [2.45, 2.75) is 20.3 Å². The van der Waals surface area contributed by atoms with Gasteiger partial charge in [-0.3, -0.25) is 4.79 Å². The number of fused-ring (bicyclic) bond motifs is 1. The van der Waals surface area contributed by atoms with Crippen molar-refractivity contribution in [1.29, 1.82) is 0 Å². The Balaban J connectivity index is 2.02. The number of nitrogens with zero attached hydrogens (tertiary/aromatic N) is 2. The fourth-order valence-corrected chi connectivity index (χ4v) is 2.26.